The summed E-state index contributed by atoms with van der Waals surface area (Å²) in [4.78, 5) is 2.51. The van der Waals surface area contributed by atoms with E-state index in [-0.39, 0.29) is 5.60 Å². The molecule has 0 radical (unpaired) electrons. The Morgan fingerprint density at radius 3 is 2.38 bits per heavy atom. The summed E-state index contributed by atoms with van der Waals surface area (Å²) >= 11 is 0. The molecular formula is C14H21NO. The van der Waals surface area contributed by atoms with Gasteiger partial charge in [-0.1, -0.05) is 30.3 Å². The molecule has 88 valence electrons. The van der Waals surface area contributed by atoms with E-state index < -0.39 is 0 Å². The maximum absolute atomic E-state index is 5.55. The van der Waals surface area contributed by atoms with Crippen LogP contribution in [0.15, 0.2) is 30.3 Å². The zero-order valence-electron chi connectivity index (χ0n) is 10.3. The van der Waals surface area contributed by atoms with E-state index in [4.69, 9.17) is 4.74 Å². The lowest BCUT2D eigenvalue weighted by Gasteiger charge is -2.38. The minimum atomic E-state index is 0.104. The summed E-state index contributed by atoms with van der Waals surface area (Å²) in [6.45, 7) is 5.56. The minimum absolute atomic E-state index is 0.104. The molecule has 1 heterocycles. The van der Waals surface area contributed by atoms with Crippen LogP contribution in [-0.2, 0) is 11.3 Å². The molecular weight excluding hydrogens is 198 g/mol. The first-order chi connectivity index (χ1) is 7.72. The molecule has 2 heteroatoms. The van der Waals surface area contributed by atoms with Gasteiger partial charge in [0.15, 0.2) is 0 Å². The average molecular weight is 219 g/mol. The van der Waals surface area contributed by atoms with Gasteiger partial charge in [0.1, 0.15) is 0 Å². The number of benzene rings is 1. The standard InChI is InChI=1S/C14H21NO/c1-14(16-2)8-10-15(11-9-14)12-13-6-4-3-5-7-13/h3-7H,8-12H2,1-2H3. The van der Waals surface area contributed by atoms with Crippen LogP contribution in [0.5, 0.6) is 0 Å². The van der Waals surface area contributed by atoms with E-state index in [1.807, 2.05) is 7.11 Å². The molecule has 0 amide bonds. The Balaban J connectivity index is 1.86. The number of likely N-dealkylation sites (tertiary alicyclic amines) is 1. The molecule has 1 fully saturated rings. The number of methoxy groups -OCH3 is 1. The summed E-state index contributed by atoms with van der Waals surface area (Å²) in [5, 5.41) is 0. The minimum Gasteiger partial charge on any atom is -0.378 e. The topological polar surface area (TPSA) is 12.5 Å². The van der Waals surface area contributed by atoms with Gasteiger partial charge in [-0.2, -0.15) is 0 Å². The second-order valence-corrected chi connectivity index (χ2v) is 4.92. The summed E-state index contributed by atoms with van der Waals surface area (Å²) in [5.41, 5.74) is 1.51. The van der Waals surface area contributed by atoms with E-state index in [0.717, 1.165) is 32.5 Å². The van der Waals surface area contributed by atoms with E-state index in [1.165, 1.54) is 5.56 Å². The number of ether oxygens (including phenoxy) is 1. The molecule has 0 bridgehead atoms. The van der Waals surface area contributed by atoms with Gasteiger partial charge in [-0.15, -0.1) is 0 Å². The SMILES string of the molecule is COC1(C)CCN(Cc2ccccc2)CC1. The van der Waals surface area contributed by atoms with Crippen molar-refractivity contribution in [1.82, 2.24) is 4.90 Å². The molecule has 0 aromatic heterocycles. The predicted molar refractivity (Wildman–Crippen MR) is 66.4 cm³/mol. The van der Waals surface area contributed by atoms with Crippen LogP contribution in [0.2, 0.25) is 0 Å². The van der Waals surface area contributed by atoms with Crippen molar-refractivity contribution >= 4 is 0 Å². The van der Waals surface area contributed by atoms with Crippen molar-refractivity contribution in [1.29, 1.82) is 0 Å². The van der Waals surface area contributed by atoms with Crippen molar-refractivity contribution in [2.24, 2.45) is 0 Å². The van der Waals surface area contributed by atoms with Gasteiger partial charge >= 0.3 is 0 Å². The van der Waals surface area contributed by atoms with Gasteiger partial charge < -0.3 is 4.74 Å². The lowest BCUT2D eigenvalue weighted by atomic mass is 9.93. The summed E-state index contributed by atoms with van der Waals surface area (Å²) in [6, 6.07) is 10.7. The zero-order chi connectivity index (χ0) is 11.4. The molecule has 0 atom stereocenters. The van der Waals surface area contributed by atoms with E-state index in [1.54, 1.807) is 0 Å². The van der Waals surface area contributed by atoms with Crippen molar-refractivity contribution in [3.8, 4) is 0 Å². The van der Waals surface area contributed by atoms with Crippen LogP contribution in [0.1, 0.15) is 25.3 Å². The highest BCUT2D eigenvalue weighted by Crippen LogP contribution is 2.25. The van der Waals surface area contributed by atoms with Gasteiger partial charge in [-0.05, 0) is 25.3 Å². The molecule has 1 aliphatic rings. The predicted octanol–water partition coefficient (Wildman–Crippen LogP) is 2.69. The molecule has 1 aromatic carbocycles. The van der Waals surface area contributed by atoms with E-state index in [0.29, 0.717) is 0 Å². The second-order valence-electron chi connectivity index (χ2n) is 4.92. The van der Waals surface area contributed by atoms with Gasteiger partial charge in [-0.25, -0.2) is 0 Å². The van der Waals surface area contributed by atoms with Crippen LogP contribution in [-0.4, -0.2) is 30.7 Å². The van der Waals surface area contributed by atoms with Crippen LogP contribution in [0, 0.1) is 0 Å². The first kappa shape index (κ1) is 11.6. The van der Waals surface area contributed by atoms with Gasteiger partial charge in [0.2, 0.25) is 0 Å². The zero-order valence-corrected chi connectivity index (χ0v) is 10.3. The van der Waals surface area contributed by atoms with Crippen LogP contribution < -0.4 is 0 Å². The van der Waals surface area contributed by atoms with Gasteiger partial charge in [-0.3, -0.25) is 4.90 Å². The molecule has 0 N–H and O–H groups in total. The Morgan fingerprint density at radius 2 is 1.81 bits per heavy atom. The number of rotatable bonds is 3. The quantitative estimate of drug-likeness (QED) is 0.775. The fourth-order valence-corrected chi connectivity index (χ4v) is 2.23. The fraction of sp³-hybridized carbons (Fsp3) is 0.571. The average Bonchev–Trinajstić information content (AvgIpc) is 2.34. The molecule has 0 saturated carbocycles. The smallest absolute Gasteiger partial charge is 0.0675 e. The molecule has 0 aliphatic carbocycles. The fourth-order valence-electron chi connectivity index (χ4n) is 2.23. The van der Waals surface area contributed by atoms with Crippen molar-refractivity contribution in [3.05, 3.63) is 35.9 Å². The van der Waals surface area contributed by atoms with Crippen LogP contribution >= 0.6 is 0 Å². The highest BCUT2D eigenvalue weighted by Gasteiger charge is 2.29. The van der Waals surface area contributed by atoms with Crippen molar-refractivity contribution < 1.29 is 4.74 Å². The van der Waals surface area contributed by atoms with Crippen molar-refractivity contribution in [2.45, 2.75) is 31.9 Å². The highest BCUT2D eigenvalue weighted by atomic mass is 16.5. The Hall–Kier alpha value is -0.860. The molecule has 1 aliphatic heterocycles. The number of hydrogen-bond acceptors (Lipinski definition) is 2. The highest BCUT2D eigenvalue weighted by molar-refractivity contribution is 5.14. The third-order valence-electron chi connectivity index (χ3n) is 3.66. The third kappa shape index (κ3) is 2.83. The van der Waals surface area contributed by atoms with Gasteiger partial charge in [0, 0.05) is 26.7 Å². The number of hydrogen-bond donors (Lipinski definition) is 0. The second kappa shape index (κ2) is 4.98. The van der Waals surface area contributed by atoms with E-state index in [2.05, 4.69) is 42.2 Å². The first-order valence-electron chi connectivity index (χ1n) is 6.03. The molecule has 2 rings (SSSR count). The summed E-state index contributed by atoms with van der Waals surface area (Å²) in [7, 11) is 1.83. The maximum atomic E-state index is 5.55. The molecule has 0 unspecified atom stereocenters. The Morgan fingerprint density at radius 1 is 1.19 bits per heavy atom. The van der Waals surface area contributed by atoms with E-state index in [9.17, 15) is 0 Å². The van der Waals surface area contributed by atoms with Crippen LogP contribution in [0.4, 0.5) is 0 Å². The lowest BCUT2D eigenvalue weighted by Crippen LogP contribution is -2.43. The van der Waals surface area contributed by atoms with Crippen LogP contribution in [0.25, 0.3) is 0 Å². The Labute approximate surface area is 98.2 Å². The first-order valence-corrected chi connectivity index (χ1v) is 6.03. The molecule has 1 saturated heterocycles. The monoisotopic (exact) mass is 219 g/mol. The van der Waals surface area contributed by atoms with Crippen LogP contribution in [0.3, 0.4) is 0 Å². The number of nitrogens with zero attached hydrogens (tertiary/aromatic N) is 1. The third-order valence-corrected chi connectivity index (χ3v) is 3.66. The Kier molecular flexibility index (Phi) is 3.62. The summed E-state index contributed by atoms with van der Waals surface area (Å²) < 4.78 is 5.55. The normalized spacial score (nSPS) is 20.9. The van der Waals surface area contributed by atoms with Crippen molar-refractivity contribution in [2.75, 3.05) is 20.2 Å². The largest absolute Gasteiger partial charge is 0.378 e. The van der Waals surface area contributed by atoms with Gasteiger partial charge in [0.25, 0.3) is 0 Å². The lowest BCUT2D eigenvalue weighted by molar-refractivity contribution is -0.0440. The molecule has 1 aromatic rings. The van der Waals surface area contributed by atoms with Crippen molar-refractivity contribution in [3.63, 3.8) is 0 Å². The molecule has 2 nitrogen and oxygen atoms in total. The summed E-state index contributed by atoms with van der Waals surface area (Å²) in [6.07, 6.45) is 2.27. The van der Waals surface area contributed by atoms with E-state index >= 15 is 0 Å². The maximum Gasteiger partial charge on any atom is 0.0675 e. The summed E-state index contributed by atoms with van der Waals surface area (Å²) in [5.74, 6) is 0. The Bertz CT molecular complexity index is 315. The number of piperidine rings is 1. The van der Waals surface area contributed by atoms with Gasteiger partial charge in [0.05, 0.1) is 5.60 Å². The molecule has 16 heavy (non-hydrogen) atoms. The molecule has 0 spiro atoms.